The van der Waals surface area contributed by atoms with E-state index in [2.05, 4.69) is 0 Å². The zero-order valence-electron chi connectivity index (χ0n) is 7.38. The first-order valence-corrected chi connectivity index (χ1v) is 4.56. The number of hydrogen-bond acceptors (Lipinski definition) is 2. The fourth-order valence-corrected chi connectivity index (χ4v) is 1.62. The number of hydrogen-bond donors (Lipinski definition) is 1. The van der Waals surface area contributed by atoms with Crippen LogP contribution in [0.5, 0.6) is 0 Å². The third kappa shape index (κ3) is 1.38. The highest BCUT2D eigenvalue weighted by atomic mass is 35.5. The lowest BCUT2D eigenvalue weighted by Crippen LogP contribution is -2.24. The zero-order chi connectivity index (χ0) is 9.64. The molecule has 1 saturated carbocycles. The van der Waals surface area contributed by atoms with Crippen molar-refractivity contribution in [1.29, 1.82) is 0 Å². The normalized spacial score (nSPS) is 18.7. The Hall–Kier alpha value is -0.800. The van der Waals surface area contributed by atoms with Gasteiger partial charge in [0.05, 0.1) is 0 Å². The van der Waals surface area contributed by atoms with Gasteiger partial charge in [-0.25, -0.2) is 0 Å². The van der Waals surface area contributed by atoms with Gasteiger partial charge in [-0.1, -0.05) is 11.6 Å². The molecule has 1 aliphatic rings. The van der Waals surface area contributed by atoms with Gasteiger partial charge in [0.15, 0.2) is 0 Å². The molecule has 0 bridgehead atoms. The molecule has 0 amide bonds. The predicted molar refractivity (Wildman–Crippen MR) is 51.8 cm³/mol. The Labute approximate surface area is 81.1 Å². The van der Waals surface area contributed by atoms with Crippen molar-refractivity contribution in [3.05, 3.63) is 33.2 Å². The molecule has 0 saturated heterocycles. The first kappa shape index (κ1) is 8.78. The van der Waals surface area contributed by atoms with Crippen molar-refractivity contribution in [1.82, 2.24) is 4.57 Å². The van der Waals surface area contributed by atoms with Gasteiger partial charge in [0, 0.05) is 18.8 Å². The van der Waals surface area contributed by atoms with Crippen LogP contribution in [0.4, 0.5) is 0 Å². The van der Waals surface area contributed by atoms with Gasteiger partial charge in [0.1, 0.15) is 5.02 Å². The van der Waals surface area contributed by atoms with Gasteiger partial charge in [-0.2, -0.15) is 0 Å². The summed E-state index contributed by atoms with van der Waals surface area (Å²) in [6, 6.07) is 1.68. The van der Waals surface area contributed by atoms with E-state index in [0.29, 0.717) is 0 Å². The van der Waals surface area contributed by atoms with Crippen molar-refractivity contribution in [2.45, 2.75) is 18.4 Å². The van der Waals surface area contributed by atoms with Crippen LogP contribution >= 0.6 is 11.6 Å². The molecule has 70 valence electrons. The van der Waals surface area contributed by atoms with Crippen molar-refractivity contribution in [3.63, 3.8) is 0 Å². The summed E-state index contributed by atoms with van der Waals surface area (Å²) in [5.74, 6) is 0. The van der Waals surface area contributed by atoms with E-state index < -0.39 is 0 Å². The number of halogens is 1. The Morgan fingerprint density at radius 2 is 2.23 bits per heavy atom. The fourth-order valence-electron chi connectivity index (χ4n) is 1.37. The second-order valence-electron chi connectivity index (χ2n) is 3.65. The second-order valence-corrected chi connectivity index (χ2v) is 4.06. The largest absolute Gasteiger partial charge is 0.321 e. The highest BCUT2D eigenvalue weighted by molar-refractivity contribution is 6.30. The molecule has 0 radical (unpaired) electrons. The average Bonchev–Trinajstić information content (AvgIpc) is 2.80. The summed E-state index contributed by atoms with van der Waals surface area (Å²) < 4.78 is 1.48. The third-order valence-corrected chi connectivity index (χ3v) is 2.77. The quantitative estimate of drug-likeness (QED) is 0.732. The van der Waals surface area contributed by atoms with Crippen molar-refractivity contribution >= 4 is 11.6 Å². The molecule has 13 heavy (non-hydrogen) atoms. The van der Waals surface area contributed by atoms with Crippen molar-refractivity contribution < 1.29 is 0 Å². The van der Waals surface area contributed by atoms with E-state index in [1.54, 1.807) is 19.3 Å². The summed E-state index contributed by atoms with van der Waals surface area (Å²) in [5.41, 5.74) is 6.54. The van der Waals surface area contributed by atoms with E-state index >= 15 is 0 Å². The van der Waals surface area contributed by atoms with Gasteiger partial charge >= 0.3 is 0 Å². The lowest BCUT2D eigenvalue weighted by molar-refractivity contribution is 0.713. The smallest absolute Gasteiger partial charge is 0.269 e. The Morgan fingerprint density at radius 1 is 1.62 bits per heavy atom. The predicted octanol–water partition coefficient (Wildman–Crippen LogP) is 0.986. The maximum Gasteiger partial charge on any atom is 0.269 e. The number of rotatable bonds is 1. The highest BCUT2D eigenvalue weighted by Crippen LogP contribution is 2.42. The first-order chi connectivity index (χ1) is 6.03. The van der Waals surface area contributed by atoms with Crippen molar-refractivity contribution in [2.75, 3.05) is 0 Å². The molecule has 4 heteroatoms. The molecule has 3 nitrogen and oxygen atoms in total. The van der Waals surface area contributed by atoms with E-state index in [1.165, 1.54) is 4.57 Å². The van der Waals surface area contributed by atoms with Gasteiger partial charge in [0.2, 0.25) is 0 Å². The Bertz CT molecular complexity index is 380. The number of pyridine rings is 1. The number of aromatic nitrogens is 1. The average molecular weight is 199 g/mol. The van der Waals surface area contributed by atoms with Gasteiger partial charge in [-0.15, -0.1) is 0 Å². The monoisotopic (exact) mass is 198 g/mol. The van der Waals surface area contributed by atoms with Crippen LogP contribution in [0.15, 0.2) is 17.1 Å². The topological polar surface area (TPSA) is 48.0 Å². The van der Waals surface area contributed by atoms with Crippen molar-refractivity contribution in [2.24, 2.45) is 12.8 Å². The first-order valence-electron chi connectivity index (χ1n) is 4.18. The Morgan fingerprint density at radius 3 is 2.69 bits per heavy atom. The van der Waals surface area contributed by atoms with Crippen molar-refractivity contribution in [3.8, 4) is 0 Å². The molecule has 0 aromatic carbocycles. The van der Waals surface area contributed by atoms with Crippen LogP contribution in [0, 0.1) is 0 Å². The highest BCUT2D eigenvalue weighted by Gasteiger charge is 2.40. The van der Waals surface area contributed by atoms with Gasteiger partial charge < -0.3 is 10.3 Å². The summed E-state index contributed by atoms with van der Waals surface area (Å²) in [4.78, 5) is 11.3. The molecular formula is C9H11ClN2O. The van der Waals surface area contributed by atoms with E-state index in [9.17, 15) is 4.79 Å². The molecule has 0 aliphatic heterocycles. The lowest BCUT2D eigenvalue weighted by Gasteiger charge is -2.10. The van der Waals surface area contributed by atoms with Gasteiger partial charge in [0.25, 0.3) is 5.56 Å². The van der Waals surface area contributed by atoms with E-state index in [-0.39, 0.29) is 16.1 Å². The standard InChI is InChI=1S/C9H11ClN2O/c1-12-5-6(9(11)2-3-9)4-7(10)8(12)13/h4-5H,2-3,11H2,1H3. The van der Waals surface area contributed by atoms with E-state index in [1.807, 2.05) is 0 Å². The zero-order valence-corrected chi connectivity index (χ0v) is 8.14. The minimum absolute atomic E-state index is 0.172. The minimum atomic E-state index is -0.227. The maximum absolute atomic E-state index is 11.3. The SMILES string of the molecule is Cn1cc(C2(N)CC2)cc(Cl)c1=O. The van der Waals surface area contributed by atoms with Crippen LogP contribution in [0.3, 0.4) is 0 Å². The molecular weight excluding hydrogens is 188 g/mol. The minimum Gasteiger partial charge on any atom is -0.321 e. The summed E-state index contributed by atoms with van der Waals surface area (Å²) in [6.45, 7) is 0. The molecule has 2 N–H and O–H groups in total. The molecule has 0 atom stereocenters. The van der Waals surface area contributed by atoms with Gasteiger partial charge in [-0.05, 0) is 24.5 Å². The van der Waals surface area contributed by atoms with Crippen LogP contribution in [0.25, 0.3) is 0 Å². The van der Waals surface area contributed by atoms with E-state index in [0.717, 1.165) is 18.4 Å². The molecule has 1 aromatic rings. The summed E-state index contributed by atoms with van der Waals surface area (Å²) in [5, 5.41) is 0.247. The third-order valence-electron chi connectivity index (χ3n) is 2.50. The summed E-state index contributed by atoms with van der Waals surface area (Å²) in [7, 11) is 1.68. The fraction of sp³-hybridized carbons (Fsp3) is 0.444. The van der Waals surface area contributed by atoms with Crippen LogP contribution in [0.2, 0.25) is 5.02 Å². The second kappa shape index (κ2) is 2.59. The number of nitrogens with two attached hydrogens (primary N) is 1. The number of nitrogens with zero attached hydrogens (tertiary/aromatic N) is 1. The molecule has 2 rings (SSSR count). The van der Waals surface area contributed by atoms with E-state index in [4.69, 9.17) is 17.3 Å². The molecule has 1 aromatic heterocycles. The van der Waals surface area contributed by atoms with Crippen LogP contribution in [0.1, 0.15) is 18.4 Å². The maximum atomic E-state index is 11.3. The number of aryl methyl sites for hydroxylation is 1. The summed E-state index contributed by atoms with van der Waals surface area (Å²) in [6.07, 6.45) is 3.71. The molecule has 1 aliphatic carbocycles. The lowest BCUT2D eigenvalue weighted by atomic mass is 10.1. The van der Waals surface area contributed by atoms with Crippen LogP contribution < -0.4 is 11.3 Å². The van der Waals surface area contributed by atoms with Crippen LogP contribution in [-0.4, -0.2) is 4.57 Å². The molecule has 0 spiro atoms. The van der Waals surface area contributed by atoms with Gasteiger partial charge in [-0.3, -0.25) is 4.79 Å². The molecule has 1 heterocycles. The Balaban J connectivity index is 2.56. The molecule has 0 unspecified atom stereocenters. The Kier molecular flexibility index (Phi) is 1.75. The van der Waals surface area contributed by atoms with Crippen LogP contribution in [-0.2, 0) is 12.6 Å². The molecule has 1 fully saturated rings. The summed E-state index contributed by atoms with van der Waals surface area (Å²) >= 11 is 5.76.